The smallest absolute Gasteiger partial charge is 0.191 e. The molecule has 1 heterocycles. The first kappa shape index (κ1) is 17.3. The number of fused-ring (bicyclic) bond motifs is 4. The average molecular weight is 353 g/mol. The molecule has 0 unspecified atom stereocenters. The Morgan fingerprint density at radius 2 is 2.04 bits per heavy atom. The van der Waals surface area contributed by atoms with E-state index in [1.165, 1.54) is 11.1 Å². The zero-order chi connectivity index (χ0) is 18.9. The molecule has 0 radical (unpaired) electrons. The van der Waals surface area contributed by atoms with Crippen LogP contribution in [0.1, 0.15) is 72.9 Å². The molecule has 0 spiro atoms. The van der Waals surface area contributed by atoms with Crippen LogP contribution in [0.15, 0.2) is 16.5 Å². The van der Waals surface area contributed by atoms with Crippen LogP contribution in [-0.4, -0.2) is 17.9 Å². The Morgan fingerprint density at radius 1 is 1.31 bits per heavy atom. The summed E-state index contributed by atoms with van der Waals surface area (Å²) in [6.45, 7) is 10.4. The van der Waals surface area contributed by atoms with E-state index in [9.17, 15) is 4.79 Å². The quantitative estimate of drug-likeness (QED) is 0.743. The molecule has 0 bridgehead atoms. The molecule has 1 aromatic carbocycles. The largest absolute Gasteiger partial charge is 0.496 e. The van der Waals surface area contributed by atoms with Crippen molar-refractivity contribution in [3.8, 4) is 5.75 Å². The highest BCUT2D eigenvalue weighted by molar-refractivity contribution is 5.97. The lowest BCUT2D eigenvalue weighted by Crippen LogP contribution is -2.51. The lowest BCUT2D eigenvalue weighted by molar-refractivity contribution is 0.101. The van der Waals surface area contributed by atoms with E-state index >= 15 is 0 Å². The van der Waals surface area contributed by atoms with E-state index in [1.54, 1.807) is 14.0 Å². The van der Waals surface area contributed by atoms with Gasteiger partial charge in [0.05, 0.1) is 18.4 Å². The summed E-state index contributed by atoms with van der Waals surface area (Å²) in [5, 5.41) is 0. The van der Waals surface area contributed by atoms with Crippen molar-refractivity contribution >= 4 is 5.78 Å². The van der Waals surface area contributed by atoms with Crippen LogP contribution in [0.25, 0.3) is 0 Å². The predicted molar refractivity (Wildman–Crippen MR) is 100 cm³/mol. The minimum atomic E-state index is -0.0756. The summed E-state index contributed by atoms with van der Waals surface area (Å²) < 4.78 is 11.6. The first-order valence-corrected chi connectivity index (χ1v) is 9.37. The van der Waals surface area contributed by atoms with E-state index in [0.29, 0.717) is 17.2 Å². The molecule has 0 saturated carbocycles. The Labute approximate surface area is 155 Å². The molecule has 2 atom stereocenters. The third kappa shape index (κ3) is 2.20. The molecule has 0 amide bonds. The van der Waals surface area contributed by atoms with Gasteiger partial charge < -0.3 is 9.15 Å². The van der Waals surface area contributed by atoms with Crippen LogP contribution < -0.4 is 4.74 Å². The Bertz CT molecular complexity index is 908. The molecule has 0 N–H and O–H groups in total. The van der Waals surface area contributed by atoms with Gasteiger partial charge in [-0.3, -0.25) is 4.79 Å². The highest BCUT2D eigenvalue weighted by atomic mass is 16.5. The van der Waals surface area contributed by atoms with E-state index in [0.717, 1.165) is 36.6 Å². The van der Waals surface area contributed by atoms with Crippen LogP contribution >= 0.6 is 0 Å². The van der Waals surface area contributed by atoms with Gasteiger partial charge in [0.1, 0.15) is 11.5 Å². The maximum absolute atomic E-state index is 12.0. The van der Waals surface area contributed by atoms with Gasteiger partial charge in [0.15, 0.2) is 11.7 Å². The number of Topliss-reactive ketones (excluding diaryl/α,β-unsaturated/α-hetero) is 1. The van der Waals surface area contributed by atoms with Crippen LogP contribution in [0.2, 0.25) is 0 Å². The summed E-state index contributed by atoms with van der Waals surface area (Å²) in [7, 11) is 1.64. The fourth-order valence-electron chi connectivity index (χ4n) is 5.59. The summed E-state index contributed by atoms with van der Waals surface area (Å²) in [5.74, 6) is 2.98. The number of ketones is 1. The second kappa shape index (κ2) is 5.45. The minimum absolute atomic E-state index is 0.0456. The summed E-state index contributed by atoms with van der Waals surface area (Å²) >= 11 is 0. The number of nitrogens with zero attached hydrogens (tertiary/aromatic N) is 1. The zero-order valence-corrected chi connectivity index (χ0v) is 16.5. The number of aryl methyl sites for hydroxylation is 2. The van der Waals surface area contributed by atoms with Crippen LogP contribution in [0, 0.1) is 12.8 Å². The molecule has 4 nitrogen and oxygen atoms in total. The van der Waals surface area contributed by atoms with Crippen LogP contribution in [0.5, 0.6) is 5.75 Å². The Hall–Kier alpha value is -2.10. The molecule has 26 heavy (non-hydrogen) atoms. The van der Waals surface area contributed by atoms with Crippen LogP contribution in [0.4, 0.5) is 0 Å². The minimum Gasteiger partial charge on any atom is -0.496 e. The van der Waals surface area contributed by atoms with Crippen molar-refractivity contribution in [1.82, 2.24) is 4.98 Å². The number of hydrogen-bond acceptors (Lipinski definition) is 4. The second-order valence-corrected chi connectivity index (χ2v) is 8.68. The van der Waals surface area contributed by atoms with Crippen molar-refractivity contribution in [3.63, 3.8) is 0 Å². The first-order chi connectivity index (χ1) is 12.2. The number of aromatic nitrogens is 1. The monoisotopic (exact) mass is 353 g/mol. The van der Waals surface area contributed by atoms with Crippen molar-refractivity contribution in [3.05, 3.63) is 46.2 Å². The zero-order valence-electron chi connectivity index (χ0n) is 16.5. The molecule has 2 aromatic rings. The highest BCUT2D eigenvalue weighted by Crippen LogP contribution is 2.56. The normalized spacial score (nSPS) is 25.8. The topological polar surface area (TPSA) is 52.3 Å². The Kier molecular flexibility index (Phi) is 3.63. The van der Waals surface area contributed by atoms with Gasteiger partial charge in [-0.1, -0.05) is 20.8 Å². The predicted octanol–water partition coefficient (Wildman–Crippen LogP) is 4.55. The van der Waals surface area contributed by atoms with E-state index < -0.39 is 0 Å². The maximum Gasteiger partial charge on any atom is 0.191 e. The van der Waals surface area contributed by atoms with E-state index in [1.807, 2.05) is 6.92 Å². The molecule has 0 fully saturated rings. The molecule has 138 valence electrons. The molecule has 0 saturated heterocycles. The molecule has 4 heteroatoms. The number of hydrogen-bond donors (Lipinski definition) is 0. The second-order valence-electron chi connectivity index (χ2n) is 8.68. The third-order valence-corrected chi connectivity index (χ3v) is 6.69. The van der Waals surface area contributed by atoms with Crippen molar-refractivity contribution < 1.29 is 13.9 Å². The van der Waals surface area contributed by atoms with E-state index in [4.69, 9.17) is 14.1 Å². The fourth-order valence-corrected chi connectivity index (χ4v) is 5.59. The molecule has 0 aliphatic heterocycles. The lowest BCUT2D eigenvalue weighted by atomic mass is 9.51. The van der Waals surface area contributed by atoms with Crippen LogP contribution in [-0.2, 0) is 23.7 Å². The van der Waals surface area contributed by atoms with Crippen LogP contribution in [0.3, 0.4) is 0 Å². The van der Waals surface area contributed by atoms with Gasteiger partial charge in [-0.2, -0.15) is 0 Å². The third-order valence-electron chi connectivity index (χ3n) is 6.69. The molecule has 2 aliphatic carbocycles. The van der Waals surface area contributed by atoms with Crippen molar-refractivity contribution in [2.45, 2.75) is 64.7 Å². The summed E-state index contributed by atoms with van der Waals surface area (Å²) in [5.41, 5.74) is 4.21. The van der Waals surface area contributed by atoms with Crippen molar-refractivity contribution in [2.75, 3.05) is 7.11 Å². The summed E-state index contributed by atoms with van der Waals surface area (Å²) in [6, 6.07) is 4.15. The number of benzene rings is 1. The molecular weight excluding hydrogens is 326 g/mol. The fraction of sp³-hybridized carbons (Fsp3) is 0.545. The van der Waals surface area contributed by atoms with E-state index in [-0.39, 0.29) is 16.6 Å². The van der Waals surface area contributed by atoms with Gasteiger partial charge in [-0.25, -0.2) is 4.98 Å². The van der Waals surface area contributed by atoms with Gasteiger partial charge in [-0.15, -0.1) is 0 Å². The molecule has 2 aliphatic rings. The molecule has 1 aromatic heterocycles. The van der Waals surface area contributed by atoms with Crippen molar-refractivity contribution in [1.29, 1.82) is 0 Å². The van der Waals surface area contributed by atoms with Gasteiger partial charge >= 0.3 is 0 Å². The van der Waals surface area contributed by atoms with Gasteiger partial charge in [0, 0.05) is 24.2 Å². The number of methoxy groups -OCH3 is 1. The average Bonchev–Trinajstić information content (AvgIpc) is 2.94. The molecular formula is C22H27NO3. The van der Waals surface area contributed by atoms with E-state index in [2.05, 4.69) is 32.9 Å². The number of carbonyl (C=O) groups excluding carboxylic acids is 1. The standard InChI is InChI=1S/C22H27NO3/c1-12(24)15-9-14-7-8-19-21(3,4)20-17(23-13(2)26-20)11-22(19,5)16(14)10-18(15)25-6/h9-10,19H,7-8,11H2,1-6H3/t19-,22+/m0/s1. The first-order valence-electron chi connectivity index (χ1n) is 9.37. The van der Waals surface area contributed by atoms with Gasteiger partial charge in [0.25, 0.3) is 0 Å². The number of rotatable bonds is 2. The SMILES string of the molecule is COc1cc2c(cc1C(C)=O)CC[C@H]1C(C)(C)c3oc(C)nc3C[C@]21C. The Balaban J connectivity index is 1.93. The Morgan fingerprint density at radius 3 is 2.69 bits per heavy atom. The summed E-state index contributed by atoms with van der Waals surface area (Å²) in [4.78, 5) is 16.7. The lowest BCUT2D eigenvalue weighted by Gasteiger charge is -2.52. The molecule has 4 rings (SSSR count). The summed E-state index contributed by atoms with van der Waals surface area (Å²) in [6.07, 6.45) is 2.93. The number of carbonyl (C=O) groups is 1. The van der Waals surface area contributed by atoms with Gasteiger partial charge in [0.2, 0.25) is 0 Å². The maximum atomic E-state index is 12.0. The number of oxazole rings is 1. The van der Waals surface area contributed by atoms with Crippen molar-refractivity contribution in [2.24, 2.45) is 5.92 Å². The van der Waals surface area contributed by atoms with Gasteiger partial charge in [-0.05, 0) is 48.9 Å². The highest BCUT2D eigenvalue weighted by Gasteiger charge is 2.54. The number of ether oxygens (including phenoxy) is 1.